The average molecular weight is 568 g/mol. The summed E-state index contributed by atoms with van der Waals surface area (Å²) in [6.07, 6.45) is 1.33. The van der Waals surface area contributed by atoms with Gasteiger partial charge in [0.15, 0.2) is 0 Å². The number of primary amides is 1. The number of furan rings is 1. The van der Waals surface area contributed by atoms with Gasteiger partial charge in [0.05, 0.1) is 17.5 Å². The van der Waals surface area contributed by atoms with Gasteiger partial charge in [-0.05, 0) is 53.1 Å². The molecular weight excluding hydrogens is 541 g/mol. The molecule has 3 N–H and O–H groups in total. The van der Waals surface area contributed by atoms with Crippen molar-refractivity contribution in [2.24, 2.45) is 5.73 Å². The number of nitrogens with zero attached hydrogens (tertiary/aromatic N) is 1. The standard InChI is InChI=1S/C32H26FN3O4S/c1-36(41(2,38)39)28-18-29-25(31(32(34)37)30(40-29)14-19-10-12-23(33)13-11-19)17-24(28)20-7-5-8-21(15-20)27-16-22-6-3-4-9-26(22)35-27/h3-13,15-18,35H,14H2,1-2H3,(H2,34,37). The number of carbonyl (C=O) groups excluding carboxylic acids is 1. The van der Waals surface area contributed by atoms with Gasteiger partial charge < -0.3 is 15.1 Å². The molecule has 41 heavy (non-hydrogen) atoms. The summed E-state index contributed by atoms with van der Waals surface area (Å²) in [4.78, 5) is 16.1. The first-order valence-electron chi connectivity index (χ1n) is 12.8. The zero-order valence-corrected chi connectivity index (χ0v) is 23.1. The number of halogens is 1. The van der Waals surface area contributed by atoms with Crippen LogP contribution in [0.15, 0.2) is 95.4 Å². The van der Waals surface area contributed by atoms with E-state index < -0.39 is 15.9 Å². The molecule has 4 aromatic carbocycles. The van der Waals surface area contributed by atoms with Crippen molar-refractivity contribution in [1.82, 2.24) is 4.98 Å². The van der Waals surface area contributed by atoms with Crippen LogP contribution in [0.25, 0.3) is 44.3 Å². The Kier molecular flexibility index (Phi) is 6.38. The number of nitrogens with one attached hydrogen (secondary N) is 1. The van der Waals surface area contributed by atoms with E-state index in [4.69, 9.17) is 10.2 Å². The highest BCUT2D eigenvalue weighted by atomic mass is 32.2. The van der Waals surface area contributed by atoms with Crippen molar-refractivity contribution in [1.29, 1.82) is 0 Å². The second-order valence-corrected chi connectivity index (χ2v) is 12.0. The van der Waals surface area contributed by atoms with Crippen molar-refractivity contribution >= 4 is 43.5 Å². The molecule has 6 aromatic rings. The van der Waals surface area contributed by atoms with Gasteiger partial charge in [-0.25, -0.2) is 12.8 Å². The summed E-state index contributed by atoms with van der Waals surface area (Å²) in [6.45, 7) is 0. The Morgan fingerprint density at radius 3 is 2.39 bits per heavy atom. The van der Waals surface area contributed by atoms with Crippen LogP contribution in [0.3, 0.4) is 0 Å². The quantitative estimate of drug-likeness (QED) is 0.230. The normalized spacial score (nSPS) is 11.8. The van der Waals surface area contributed by atoms with Gasteiger partial charge in [-0.2, -0.15) is 0 Å². The summed E-state index contributed by atoms with van der Waals surface area (Å²) < 4.78 is 46.1. The third-order valence-electron chi connectivity index (χ3n) is 7.25. The van der Waals surface area contributed by atoms with Crippen molar-refractivity contribution < 1.29 is 22.0 Å². The van der Waals surface area contributed by atoms with Crippen LogP contribution in [0, 0.1) is 5.82 Å². The van der Waals surface area contributed by atoms with Gasteiger partial charge in [0.1, 0.15) is 17.2 Å². The summed E-state index contributed by atoms with van der Waals surface area (Å²) >= 11 is 0. The Morgan fingerprint density at radius 1 is 0.951 bits per heavy atom. The fourth-order valence-corrected chi connectivity index (χ4v) is 5.63. The molecule has 0 saturated heterocycles. The lowest BCUT2D eigenvalue weighted by Gasteiger charge is -2.21. The maximum atomic E-state index is 13.5. The monoisotopic (exact) mass is 567 g/mol. The first-order valence-corrected chi connectivity index (χ1v) is 14.7. The number of fused-ring (bicyclic) bond motifs is 2. The number of nitrogens with two attached hydrogens (primary N) is 1. The molecule has 2 aromatic heterocycles. The summed E-state index contributed by atoms with van der Waals surface area (Å²) in [5.74, 6) is -0.736. The predicted octanol–water partition coefficient (Wildman–Crippen LogP) is 6.47. The first kappa shape index (κ1) is 26.3. The maximum absolute atomic E-state index is 13.5. The summed E-state index contributed by atoms with van der Waals surface area (Å²) in [5, 5.41) is 1.54. The number of rotatable bonds is 7. The second kappa shape index (κ2) is 9.94. The minimum absolute atomic E-state index is 0.200. The minimum atomic E-state index is -3.65. The lowest BCUT2D eigenvalue weighted by Crippen LogP contribution is -2.25. The van der Waals surface area contributed by atoms with Crippen LogP contribution in [0.1, 0.15) is 21.7 Å². The first-order chi connectivity index (χ1) is 19.6. The third kappa shape index (κ3) is 4.96. The van der Waals surface area contributed by atoms with Crippen molar-refractivity contribution in [3.05, 3.63) is 114 Å². The molecule has 1 amide bonds. The Hall–Kier alpha value is -4.89. The van der Waals surface area contributed by atoms with E-state index in [0.717, 1.165) is 39.5 Å². The summed E-state index contributed by atoms with van der Waals surface area (Å²) in [6, 6.07) is 27.0. The molecule has 9 heteroatoms. The number of benzene rings is 4. The molecule has 0 aliphatic rings. The molecule has 0 saturated carbocycles. The van der Waals surface area contributed by atoms with Crippen molar-refractivity contribution in [2.45, 2.75) is 6.42 Å². The fourth-order valence-electron chi connectivity index (χ4n) is 5.12. The molecule has 0 unspecified atom stereocenters. The second-order valence-electron chi connectivity index (χ2n) is 10.0. The maximum Gasteiger partial charge on any atom is 0.252 e. The highest BCUT2D eigenvalue weighted by Crippen LogP contribution is 2.40. The van der Waals surface area contributed by atoms with Gasteiger partial charge in [0, 0.05) is 47.1 Å². The third-order valence-corrected chi connectivity index (χ3v) is 8.45. The van der Waals surface area contributed by atoms with Gasteiger partial charge in [0.2, 0.25) is 10.0 Å². The number of carbonyl (C=O) groups is 1. The Balaban J connectivity index is 1.55. The summed E-state index contributed by atoms with van der Waals surface area (Å²) in [5.41, 5.74) is 11.6. The van der Waals surface area contributed by atoms with E-state index in [2.05, 4.69) is 11.1 Å². The zero-order valence-electron chi connectivity index (χ0n) is 22.3. The smallest absolute Gasteiger partial charge is 0.252 e. The number of sulfonamides is 1. The molecule has 7 nitrogen and oxygen atoms in total. The number of hydrogen-bond acceptors (Lipinski definition) is 4. The van der Waals surface area contributed by atoms with Gasteiger partial charge in [-0.15, -0.1) is 0 Å². The van der Waals surface area contributed by atoms with Crippen LogP contribution in [0.5, 0.6) is 0 Å². The highest BCUT2D eigenvalue weighted by molar-refractivity contribution is 7.92. The molecule has 0 atom stereocenters. The van der Waals surface area contributed by atoms with Gasteiger partial charge in [-0.1, -0.05) is 48.5 Å². The average Bonchev–Trinajstić information content (AvgIpc) is 3.54. The lowest BCUT2D eigenvalue weighted by atomic mass is 9.97. The molecule has 6 rings (SSSR count). The Bertz CT molecular complexity index is 2030. The number of anilines is 1. The van der Waals surface area contributed by atoms with E-state index in [1.165, 1.54) is 23.5 Å². The number of aromatic amines is 1. The number of hydrogen-bond donors (Lipinski definition) is 2. The molecule has 0 spiro atoms. The minimum Gasteiger partial charge on any atom is -0.460 e. The molecule has 0 bridgehead atoms. The van der Waals surface area contributed by atoms with Crippen LogP contribution >= 0.6 is 0 Å². The van der Waals surface area contributed by atoms with Crippen LogP contribution in [0.4, 0.5) is 10.1 Å². The largest absolute Gasteiger partial charge is 0.460 e. The van der Waals surface area contributed by atoms with E-state index >= 15 is 0 Å². The molecule has 2 heterocycles. The Morgan fingerprint density at radius 2 is 1.68 bits per heavy atom. The highest BCUT2D eigenvalue weighted by Gasteiger charge is 2.25. The summed E-state index contributed by atoms with van der Waals surface area (Å²) in [7, 11) is -2.18. The SMILES string of the molecule is CN(c1cc2oc(Cc3ccc(F)cc3)c(C(N)=O)c2cc1-c1cccc(-c2cc3ccccc3[nH]2)c1)S(C)(=O)=O. The number of aromatic nitrogens is 1. The zero-order chi connectivity index (χ0) is 28.9. The molecule has 0 aliphatic carbocycles. The topological polar surface area (TPSA) is 109 Å². The van der Waals surface area contributed by atoms with Crippen LogP contribution in [-0.4, -0.2) is 32.6 Å². The van der Waals surface area contributed by atoms with E-state index in [1.807, 2.05) is 48.5 Å². The molecule has 0 radical (unpaired) electrons. The molecule has 0 fully saturated rings. The van der Waals surface area contributed by atoms with Crippen molar-refractivity contribution in [2.75, 3.05) is 17.6 Å². The van der Waals surface area contributed by atoms with Crippen molar-refractivity contribution in [3.8, 4) is 22.4 Å². The van der Waals surface area contributed by atoms with Gasteiger partial charge >= 0.3 is 0 Å². The van der Waals surface area contributed by atoms with E-state index in [-0.39, 0.29) is 17.8 Å². The fraction of sp³-hybridized carbons (Fsp3) is 0.0938. The van der Waals surface area contributed by atoms with E-state index in [1.54, 1.807) is 24.3 Å². The van der Waals surface area contributed by atoms with E-state index in [0.29, 0.717) is 28.0 Å². The van der Waals surface area contributed by atoms with Crippen LogP contribution < -0.4 is 10.0 Å². The van der Waals surface area contributed by atoms with Gasteiger partial charge in [-0.3, -0.25) is 9.10 Å². The van der Waals surface area contributed by atoms with Gasteiger partial charge in [0.25, 0.3) is 5.91 Å². The number of para-hydroxylation sites is 1. The number of amides is 1. The predicted molar refractivity (Wildman–Crippen MR) is 160 cm³/mol. The van der Waals surface area contributed by atoms with E-state index in [9.17, 15) is 17.6 Å². The number of H-pyrrole nitrogens is 1. The van der Waals surface area contributed by atoms with Crippen LogP contribution in [0.2, 0.25) is 0 Å². The van der Waals surface area contributed by atoms with Crippen LogP contribution in [-0.2, 0) is 16.4 Å². The molecular formula is C32H26FN3O4S. The molecule has 0 aliphatic heterocycles. The Labute approximate surface area is 236 Å². The lowest BCUT2D eigenvalue weighted by molar-refractivity contribution is 0.1000. The molecule has 206 valence electrons. The van der Waals surface area contributed by atoms with Crippen molar-refractivity contribution in [3.63, 3.8) is 0 Å².